The van der Waals surface area contributed by atoms with E-state index in [0.29, 0.717) is 5.19 Å². The van der Waals surface area contributed by atoms with Crippen molar-refractivity contribution in [1.82, 2.24) is 0 Å². The number of methoxy groups -OCH3 is 1. The highest BCUT2D eigenvalue weighted by molar-refractivity contribution is 6.92. The fourth-order valence-corrected chi connectivity index (χ4v) is 6.39. The molecule has 0 atom stereocenters. The van der Waals surface area contributed by atoms with Gasteiger partial charge in [-0.3, -0.25) is 0 Å². The summed E-state index contributed by atoms with van der Waals surface area (Å²) in [6.07, 6.45) is 0. The van der Waals surface area contributed by atoms with Gasteiger partial charge < -0.3 is 9.47 Å². The lowest BCUT2D eigenvalue weighted by Crippen LogP contribution is -2.48. The quantitative estimate of drug-likeness (QED) is 0.563. The third-order valence-electron chi connectivity index (χ3n) is 3.94. The van der Waals surface area contributed by atoms with Crippen molar-refractivity contribution in [3.8, 4) is 5.75 Å². The van der Waals surface area contributed by atoms with Crippen molar-refractivity contribution in [2.75, 3.05) is 13.9 Å². The molecule has 19 heavy (non-hydrogen) atoms. The van der Waals surface area contributed by atoms with Crippen LogP contribution >= 0.6 is 0 Å². The number of halogens is 2. The first kappa shape index (κ1) is 16.1. The largest absolute Gasteiger partial charge is 0.465 e. The Morgan fingerprint density at radius 2 is 1.53 bits per heavy atom. The molecule has 5 heteroatoms. The first-order valence-electron chi connectivity index (χ1n) is 6.66. The van der Waals surface area contributed by atoms with Crippen LogP contribution in [0.15, 0.2) is 12.1 Å². The molecule has 0 fully saturated rings. The second-order valence-corrected chi connectivity index (χ2v) is 9.81. The Bertz CT molecular complexity index is 412. The smallest absolute Gasteiger partial charge is 0.188 e. The summed E-state index contributed by atoms with van der Waals surface area (Å²) >= 11 is 0. The molecule has 108 valence electrons. The molecular formula is C14H22F2O2Si. The third-order valence-corrected chi connectivity index (χ3v) is 9.53. The number of hydrogen-bond acceptors (Lipinski definition) is 2. The number of benzene rings is 1. The average molecular weight is 288 g/mol. The van der Waals surface area contributed by atoms with Gasteiger partial charge >= 0.3 is 0 Å². The molecule has 0 unspecified atom stereocenters. The standard InChI is InChI=1S/C14H22F2O2Si/c1-5-19(6-2,7-3)14-12(16)9-8-11(15)13(14)18-10-17-4/h8-9H,5-7,10H2,1-4H3. The van der Waals surface area contributed by atoms with Crippen LogP contribution in [-0.4, -0.2) is 22.0 Å². The van der Waals surface area contributed by atoms with E-state index in [-0.39, 0.29) is 18.4 Å². The zero-order chi connectivity index (χ0) is 14.5. The highest BCUT2D eigenvalue weighted by atomic mass is 28.3. The number of rotatable bonds is 7. The Labute approximate surface area is 114 Å². The van der Waals surface area contributed by atoms with Crippen LogP contribution in [0.25, 0.3) is 0 Å². The van der Waals surface area contributed by atoms with E-state index in [4.69, 9.17) is 9.47 Å². The number of hydrogen-bond donors (Lipinski definition) is 0. The summed E-state index contributed by atoms with van der Waals surface area (Å²) in [7, 11) is -0.600. The third kappa shape index (κ3) is 3.15. The van der Waals surface area contributed by atoms with Crippen LogP contribution in [-0.2, 0) is 4.74 Å². The zero-order valence-corrected chi connectivity index (χ0v) is 13.1. The van der Waals surface area contributed by atoms with Crippen LogP contribution in [0.1, 0.15) is 20.8 Å². The molecule has 1 rings (SSSR count). The fourth-order valence-electron chi connectivity index (χ4n) is 2.57. The predicted molar refractivity (Wildman–Crippen MR) is 75.7 cm³/mol. The van der Waals surface area contributed by atoms with Crippen LogP contribution in [0.4, 0.5) is 8.78 Å². The molecule has 0 aromatic heterocycles. The van der Waals surface area contributed by atoms with Crippen molar-refractivity contribution >= 4 is 13.3 Å². The van der Waals surface area contributed by atoms with E-state index >= 15 is 0 Å². The predicted octanol–water partition coefficient (Wildman–Crippen LogP) is 3.66. The maximum atomic E-state index is 14.3. The highest BCUT2D eigenvalue weighted by Gasteiger charge is 2.36. The van der Waals surface area contributed by atoms with E-state index in [9.17, 15) is 8.78 Å². The first-order chi connectivity index (χ1) is 9.06. The van der Waals surface area contributed by atoms with Gasteiger partial charge in [-0.1, -0.05) is 38.9 Å². The Balaban J connectivity index is 3.41. The van der Waals surface area contributed by atoms with Crippen molar-refractivity contribution in [1.29, 1.82) is 0 Å². The van der Waals surface area contributed by atoms with Crippen LogP contribution in [0, 0.1) is 11.6 Å². The second kappa shape index (κ2) is 7.00. The van der Waals surface area contributed by atoms with E-state index in [2.05, 4.69) is 0 Å². The Morgan fingerprint density at radius 1 is 1.00 bits per heavy atom. The van der Waals surface area contributed by atoms with Gasteiger partial charge in [-0.15, -0.1) is 0 Å². The van der Waals surface area contributed by atoms with E-state index < -0.39 is 13.9 Å². The van der Waals surface area contributed by atoms with Gasteiger partial charge in [-0.2, -0.15) is 0 Å². The molecule has 0 aliphatic rings. The summed E-state index contributed by atoms with van der Waals surface area (Å²) in [5, 5.41) is 0.469. The van der Waals surface area contributed by atoms with E-state index in [0.717, 1.165) is 24.2 Å². The molecule has 0 heterocycles. The van der Waals surface area contributed by atoms with Crippen molar-refractivity contribution in [2.24, 2.45) is 0 Å². The van der Waals surface area contributed by atoms with Crippen LogP contribution in [0.5, 0.6) is 5.75 Å². The van der Waals surface area contributed by atoms with Gasteiger partial charge in [0.2, 0.25) is 0 Å². The fraction of sp³-hybridized carbons (Fsp3) is 0.571. The van der Waals surface area contributed by atoms with E-state index in [1.165, 1.54) is 13.2 Å². The summed E-state index contributed by atoms with van der Waals surface area (Å²) in [6.45, 7) is 6.06. The molecule has 0 saturated heterocycles. The van der Waals surface area contributed by atoms with Gasteiger partial charge in [0.1, 0.15) is 5.82 Å². The van der Waals surface area contributed by atoms with Gasteiger partial charge in [-0.05, 0) is 12.1 Å². The van der Waals surface area contributed by atoms with Crippen molar-refractivity contribution in [3.63, 3.8) is 0 Å². The molecule has 0 aliphatic heterocycles. The maximum Gasteiger partial charge on any atom is 0.188 e. The lowest BCUT2D eigenvalue weighted by Gasteiger charge is -2.30. The molecule has 0 bridgehead atoms. The van der Waals surface area contributed by atoms with Crippen LogP contribution in [0.3, 0.4) is 0 Å². The minimum absolute atomic E-state index is 0.0408. The summed E-state index contributed by atoms with van der Waals surface area (Å²) < 4.78 is 38.3. The summed E-state index contributed by atoms with van der Waals surface area (Å²) in [5.74, 6) is -0.829. The monoisotopic (exact) mass is 288 g/mol. The lowest BCUT2D eigenvalue weighted by molar-refractivity contribution is 0.0488. The molecule has 0 N–H and O–H groups in total. The lowest BCUT2D eigenvalue weighted by atomic mass is 10.3. The second-order valence-electron chi connectivity index (χ2n) is 4.63. The molecule has 0 spiro atoms. The van der Waals surface area contributed by atoms with Gasteiger partial charge in [-0.25, -0.2) is 8.78 Å². The Morgan fingerprint density at radius 3 is 2.00 bits per heavy atom. The first-order valence-corrected chi connectivity index (χ1v) is 9.28. The maximum absolute atomic E-state index is 14.3. The average Bonchev–Trinajstić information content (AvgIpc) is 2.43. The normalized spacial score (nSPS) is 11.7. The van der Waals surface area contributed by atoms with E-state index in [1.54, 1.807) is 0 Å². The highest BCUT2D eigenvalue weighted by Crippen LogP contribution is 2.28. The van der Waals surface area contributed by atoms with Gasteiger partial charge in [0, 0.05) is 12.3 Å². The van der Waals surface area contributed by atoms with Crippen molar-refractivity contribution in [2.45, 2.75) is 38.9 Å². The van der Waals surface area contributed by atoms with E-state index in [1.807, 2.05) is 20.8 Å². The minimum atomic E-state index is -2.06. The number of ether oxygens (including phenoxy) is 2. The Kier molecular flexibility index (Phi) is 5.94. The minimum Gasteiger partial charge on any atom is -0.465 e. The van der Waals surface area contributed by atoms with Crippen LogP contribution < -0.4 is 9.92 Å². The zero-order valence-electron chi connectivity index (χ0n) is 12.1. The van der Waals surface area contributed by atoms with Gasteiger partial charge in [0.05, 0.1) is 8.07 Å². The topological polar surface area (TPSA) is 18.5 Å². The molecule has 1 aromatic rings. The summed E-state index contributed by atoms with van der Waals surface area (Å²) in [6, 6.07) is 4.91. The molecule has 0 aliphatic carbocycles. The van der Waals surface area contributed by atoms with Gasteiger partial charge in [0.15, 0.2) is 18.4 Å². The van der Waals surface area contributed by atoms with Crippen molar-refractivity contribution in [3.05, 3.63) is 23.8 Å². The summed E-state index contributed by atoms with van der Waals surface area (Å²) in [4.78, 5) is 0. The molecule has 0 saturated carbocycles. The van der Waals surface area contributed by atoms with Gasteiger partial charge in [0.25, 0.3) is 0 Å². The molecular weight excluding hydrogens is 266 g/mol. The summed E-state index contributed by atoms with van der Waals surface area (Å²) in [5.41, 5.74) is 0. The molecule has 0 amide bonds. The Hall–Kier alpha value is -0.943. The molecule has 1 aromatic carbocycles. The SMILES string of the molecule is CC[Si](CC)(CC)c1c(F)ccc(F)c1OCOC. The molecule has 2 nitrogen and oxygen atoms in total. The molecule has 0 radical (unpaired) electrons. The van der Waals surface area contributed by atoms with Crippen LogP contribution in [0.2, 0.25) is 18.1 Å². The van der Waals surface area contributed by atoms with Crippen molar-refractivity contribution < 1.29 is 18.3 Å².